The minimum absolute atomic E-state index is 0.333. The van der Waals surface area contributed by atoms with Crippen LogP contribution in [0.3, 0.4) is 0 Å². The maximum absolute atomic E-state index is 5.50. The second kappa shape index (κ2) is 5.32. The van der Waals surface area contributed by atoms with Crippen LogP contribution in [0.25, 0.3) is 0 Å². The molecule has 4 heteroatoms. The Bertz CT molecular complexity index is 315. The lowest BCUT2D eigenvalue weighted by Crippen LogP contribution is -2.70. The molecule has 0 amide bonds. The lowest BCUT2D eigenvalue weighted by molar-refractivity contribution is -0.0763. The first-order valence-corrected chi connectivity index (χ1v) is 7.83. The van der Waals surface area contributed by atoms with E-state index in [9.17, 15) is 0 Å². The molecule has 3 fully saturated rings. The maximum atomic E-state index is 5.50. The van der Waals surface area contributed by atoms with Crippen LogP contribution in [0.15, 0.2) is 0 Å². The van der Waals surface area contributed by atoms with Gasteiger partial charge in [0, 0.05) is 63.6 Å². The summed E-state index contributed by atoms with van der Waals surface area (Å²) in [6, 6.07) is 1.48. The van der Waals surface area contributed by atoms with Crippen molar-refractivity contribution in [1.82, 2.24) is 14.7 Å². The molecule has 3 heterocycles. The van der Waals surface area contributed by atoms with Gasteiger partial charge in [0.25, 0.3) is 0 Å². The largest absolute Gasteiger partial charge is 0.381 e. The second-order valence-corrected chi connectivity index (χ2v) is 7.19. The van der Waals surface area contributed by atoms with Crippen molar-refractivity contribution in [2.75, 3.05) is 53.0 Å². The molecule has 3 aliphatic rings. The summed E-state index contributed by atoms with van der Waals surface area (Å²) < 4.78 is 5.50. The van der Waals surface area contributed by atoms with Crippen LogP contribution in [0.2, 0.25) is 0 Å². The lowest BCUT2D eigenvalue weighted by atomic mass is 9.92. The van der Waals surface area contributed by atoms with Crippen LogP contribution < -0.4 is 0 Å². The van der Waals surface area contributed by atoms with E-state index >= 15 is 0 Å². The second-order valence-electron chi connectivity index (χ2n) is 7.19. The van der Waals surface area contributed by atoms with Gasteiger partial charge in [0.05, 0.1) is 0 Å². The highest BCUT2D eigenvalue weighted by molar-refractivity contribution is 4.99. The molecule has 3 saturated heterocycles. The summed E-state index contributed by atoms with van der Waals surface area (Å²) in [5.41, 5.74) is 0.333. The molecule has 0 aromatic heterocycles. The van der Waals surface area contributed by atoms with E-state index in [1.54, 1.807) is 0 Å². The van der Waals surface area contributed by atoms with E-state index in [1.165, 1.54) is 45.6 Å². The summed E-state index contributed by atoms with van der Waals surface area (Å²) in [5, 5.41) is 0. The van der Waals surface area contributed by atoms with Crippen LogP contribution in [-0.4, -0.2) is 85.3 Å². The third-order valence-corrected chi connectivity index (χ3v) is 5.18. The molecule has 3 aliphatic heterocycles. The lowest BCUT2D eigenvalue weighted by Gasteiger charge is -2.56. The van der Waals surface area contributed by atoms with Gasteiger partial charge in [-0.3, -0.25) is 9.80 Å². The molecule has 0 spiro atoms. The molecule has 0 bridgehead atoms. The summed E-state index contributed by atoms with van der Waals surface area (Å²) in [7, 11) is 2.27. The van der Waals surface area contributed by atoms with Crippen molar-refractivity contribution in [3.05, 3.63) is 0 Å². The molecule has 0 aliphatic carbocycles. The number of hydrogen-bond acceptors (Lipinski definition) is 4. The molecule has 0 N–H and O–H groups in total. The highest BCUT2D eigenvalue weighted by atomic mass is 16.5. The van der Waals surface area contributed by atoms with Crippen molar-refractivity contribution in [2.45, 2.75) is 44.3 Å². The molecule has 19 heavy (non-hydrogen) atoms. The Morgan fingerprint density at radius 1 is 1.00 bits per heavy atom. The Balaban J connectivity index is 1.65. The van der Waals surface area contributed by atoms with Gasteiger partial charge in [-0.05, 0) is 33.7 Å². The predicted molar refractivity (Wildman–Crippen MR) is 77.5 cm³/mol. The Labute approximate surface area is 117 Å². The van der Waals surface area contributed by atoms with E-state index in [-0.39, 0.29) is 0 Å². The van der Waals surface area contributed by atoms with Gasteiger partial charge < -0.3 is 9.64 Å². The molecule has 0 saturated carbocycles. The molecule has 110 valence electrons. The van der Waals surface area contributed by atoms with Crippen molar-refractivity contribution >= 4 is 0 Å². The summed E-state index contributed by atoms with van der Waals surface area (Å²) in [4.78, 5) is 8.00. The van der Waals surface area contributed by atoms with E-state index in [1.807, 2.05) is 0 Å². The summed E-state index contributed by atoms with van der Waals surface area (Å²) in [6.45, 7) is 12.9. The zero-order valence-electron chi connectivity index (χ0n) is 12.8. The molecule has 0 radical (unpaired) electrons. The molecule has 4 nitrogen and oxygen atoms in total. The van der Waals surface area contributed by atoms with Crippen molar-refractivity contribution in [1.29, 1.82) is 0 Å². The van der Waals surface area contributed by atoms with Gasteiger partial charge in [-0.2, -0.15) is 0 Å². The van der Waals surface area contributed by atoms with Crippen LogP contribution in [0.1, 0.15) is 26.7 Å². The molecule has 0 aromatic carbocycles. The third kappa shape index (κ3) is 2.82. The van der Waals surface area contributed by atoms with Crippen molar-refractivity contribution in [2.24, 2.45) is 0 Å². The number of ether oxygens (including phenoxy) is 1. The zero-order valence-corrected chi connectivity index (χ0v) is 12.8. The van der Waals surface area contributed by atoms with Gasteiger partial charge >= 0.3 is 0 Å². The maximum Gasteiger partial charge on any atom is 0.0480 e. The Hall–Kier alpha value is -0.160. The first kappa shape index (κ1) is 13.8. The SMILES string of the molecule is CN1CC2CN(C3CCOCC3)CCN2C(C)(C)C1. The van der Waals surface area contributed by atoms with Crippen LogP contribution in [-0.2, 0) is 4.74 Å². The van der Waals surface area contributed by atoms with Gasteiger partial charge in [0.15, 0.2) is 0 Å². The first-order chi connectivity index (χ1) is 9.06. The van der Waals surface area contributed by atoms with Gasteiger partial charge in [0.2, 0.25) is 0 Å². The fourth-order valence-electron chi connectivity index (χ4n) is 4.39. The van der Waals surface area contributed by atoms with E-state index in [2.05, 4.69) is 35.6 Å². The number of nitrogens with zero attached hydrogens (tertiary/aromatic N) is 3. The fourth-order valence-corrected chi connectivity index (χ4v) is 4.39. The molecular formula is C15H29N3O. The highest BCUT2D eigenvalue weighted by Crippen LogP contribution is 2.29. The van der Waals surface area contributed by atoms with Gasteiger partial charge in [-0.1, -0.05) is 0 Å². The van der Waals surface area contributed by atoms with Crippen molar-refractivity contribution < 1.29 is 4.74 Å². The normalized spacial score (nSPS) is 35.2. The van der Waals surface area contributed by atoms with E-state index in [0.29, 0.717) is 11.6 Å². The third-order valence-electron chi connectivity index (χ3n) is 5.18. The average molecular weight is 267 g/mol. The van der Waals surface area contributed by atoms with Gasteiger partial charge in [-0.25, -0.2) is 0 Å². The summed E-state index contributed by atoms with van der Waals surface area (Å²) in [6.07, 6.45) is 2.46. The monoisotopic (exact) mass is 267 g/mol. The topological polar surface area (TPSA) is 19.0 Å². The molecule has 0 aromatic rings. The van der Waals surface area contributed by atoms with Crippen LogP contribution in [0.5, 0.6) is 0 Å². The van der Waals surface area contributed by atoms with Crippen LogP contribution >= 0.6 is 0 Å². The number of fused-ring (bicyclic) bond motifs is 1. The standard InChI is InChI=1S/C15H29N3O/c1-15(2)12-16(3)10-14-11-17(6-7-18(14)15)13-4-8-19-9-5-13/h13-14H,4-12H2,1-3H3. The zero-order chi connectivity index (χ0) is 13.5. The molecular weight excluding hydrogens is 238 g/mol. The molecule has 3 rings (SSSR count). The molecule has 1 atom stereocenters. The van der Waals surface area contributed by atoms with Crippen LogP contribution in [0, 0.1) is 0 Å². The Kier molecular flexibility index (Phi) is 3.87. The summed E-state index contributed by atoms with van der Waals surface area (Å²) in [5.74, 6) is 0. The van der Waals surface area contributed by atoms with E-state index in [4.69, 9.17) is 4.74 Å². The number of piperazine rings is 2. The fraction of sp³-hybridized carbons (Fsp3) is 1.00. The summed E-state index contributed by atoms with van der Waals surface area (Å²) >= 11 is 0. The molecule has 1 unspecified atom stereocenters. The number of hydrogen-bond donors (Lipinski definition) is 0. The van der Waals surface area contributed by atoms with E-state index < -0.39 is 0 Å². The van der Waals surface area contributed by atoms with Crippen LogP contribution in [0.4, 0.5) is 0 Å². The van der Waals surface area contributed by atoms with Gasteiger partial charge in [-0.15, -0.1) is 0 Å². The Morgan fingerprint density at radius 2 is 1.74 bits per heavy atom. The predicted octanol–water partition coefficient (Wildman–Crippen LogP) is 0.876. The quantitative estimate of drug-likeness (QED) is 0.702. The average Bonchev–Trinajstić information content (AvgIpc) is 2.38. The number of rotatable bonds is 1. The number of likely N-dealkylation sites (N-methyl/N-ethyl adjacent to an activating group) is 1. The van der Waals surface area contributed by atoms with Crippen molar-refractivity contribution in [3.8, 4) is 0 Å². The minimum Gasteiger partial charge on any atom is -0.381 e. The van der Waals surface area contributed by atoms with Gasteiger partial charge in [0.1, 0.15) is 0 Å². The minimum atomic E-state index is 0.333. The van der Waals surface area contributed by atoms with Crippen molar-refractivity contribution in [3.63, 3.8) is 0 Å². The van der Waals surface area contributed by atoms with E-state index in [0.717, 1.165) is 19.3 Å². The first-order valence-electron chi connectivity index (χ1n) is 7.83. The smallest absolute Gasteiger partial charge is 0.0480 e. The highest BCUT2D eigenvalue weighted by Gasteiger charge is 2.42. The Morgan fingerprint density at radius 3 is 2.47 bits per heavy atom.